The average Bonchev–Trinajstić information content (AvgIpc) is 2.05. The number of nitrogens with zero attached hydrogens (tertiary/aromatic N) is 1. The van der Waals surface area contributed by atoms with Gasteiger partial charge >= 0.3 is 6.03 Å². The van der Waals surface area contributed by atoms with E-state index in [1.165, 1.54) is 12.1 Å². The molecule has 0 spiro atoms. The monoisotopic (exact) mass is 210 g/mol. The van der Waals surface area contributed by atoms with E-state index in [0.29, 0.717) is 5.82 Å². The van der Waals surface area contributed by atoms with E-state index in [4.69, 9.17) is 0 Å². The fourth-order valence-electron chi connectivity index (χ4n) is 0.902. The fourth-order valence-corrected chi connectivity index (χ4v) is 0.902. The van der Waals surface area contributed by atoms with Crippen LogP contribution in [0.2, 0.25) is 0 Å². The molecule has 1 aromatic heterocycles. The maximum atomic E-state index is 11.4. The number of rotatable bonds is 1. The lowest BCUT2D eigenvalue weighted by molar-refractivity contribution is 0.243. The van der Waals surface area contributed by atoms with Crippen LogP contribution in [0.25, 0.3) is 0 Å². The lowest BCUT2D eigenvalue weighted by atomic mass is 10.1. The van der Waals surface area contributed by atoms with E-state index >= 15 is 0 Å². The normalized spacial score (nSPS) is 10.9. The molecule has 6 nitrogen and oxygen atoms in total. The third-order valence-electron chi connectivity index (χ3n) is 1.41. The van der Waals surface area contributed by atoms with Crippen LogP contribution in [0.15, 0.2) is 16.9 Å². The van der Waals surface area contributed by atoms with Crippen molar-refractivity contribution in [3.05, 3.63) is 22.5 Å². The Morgan fingerprint density at radius 1 is 1.40 bits per heavy atom. The smallest absolute Gasteiger partial charge is 0.320 e. The number of amides is 2. The summed E-state index contributed by atoms with van der Waals surface area (Å²) >= 11 is 0. The van der Waals surface area contributed by atoms with Crippen LogP contribution in [0, 0.1) is 0 Å². The third kappa shape index (κ3) is 4.26. The summed E-state index contributed by atoms with van der Waals surface area (Å²) in [7, 11) is 0. The highest BCUT2D eigenvalue weighted by molar-refractivity contribution is 5.88. The van der Waals surface area contributed by atoms with Crippen LogP contribution in [0.4, 0.5) is 10.6 Å². The second-order valence-corrected chi connectivity index (χ2v) is 4.14. The van der Waals surface area contributed by atoms with Gasteiger partial charge in [-0.3, -0.25) is 10.1 Å². The number of anilines is 1. The van der Waals surface area contributed by atoms with Crippen LogP contribution >= 0.6 is 0 Å². The number of aromatic nitrogens is 2. The van der Waals surface area contributed by atoms with Crippen molar-refractivity contribution in [2.24, 2.45) is 0 Å². The number of carbonyl (C=O) groups excluding carboxylic acids is 1. The van der Waals surface area contributed by atoms with Crippen LogP contribution < -0.4 is 16.2 Å². The number of urea groups is 1. The summed E-state index contributed by atoms with van der Waals surface area (Å²) in [6.45, 7) is 5.60. The molecule has 0 saturated heterocycles. The van der Waals surface area contributed by atoms with Gasteiger partial charge in [0.25, 0.3) is 5.56 Å². The summed E-state index contributed by atoms with van der Waals surface area (Å²) in [5, 5.41) is 11.1. The molecule has 1 rings (SSSR count). The van der Waals surface area contributed by atoms with E-state index in [1.807, 2.05) is 20.8 Å². The van der Waals surface area contributed by atoms with Gasteiger partial charge in [-0.1, -0.05) is 0 Å². The van der Waals surface area contributed by atoms with Gasteiger partial charge in [0.1, 0.15) is 0 Å². The molecule has 0 aliphatic rings. The minimum Gasteiger partial charge on any atom is -0.333 e. The maximum Gasteiger partial charge on any atom is 0.320 e. The number of nitrogens with one attached hydrogen (secondary N) is 3. The molecule has 0 bridgehead atoms. The Morgan fingerprint density at radius 3 is 2.53 bits per heavy atom. The van der Waals surface area contributed by atoms with E-state index in [-0.39, 0.29) is 17.1 Å². The van der Waals surface area contributed by atoms with Crippen LogP contribution in [0.1, 0.15) is 20.8 Å². The summed E-state index contributed by atoms with van der Waals surface area (Å²) in [5.41, 5.74) is -0.622. The maximum absolute atomic E-state index is 11.4. The van der Waals surface area contributed by atoms with Gasteiger partial charge in [0, 0.05) is 11.6 Å². The summed E-state index contributed by atoms with van der Waals surface area (Å²) in [5.74, 6) is 0.302. The highest BCUT2D eigenvalue weighted by atomic mass is 16.2. The van der Waals surface area contributed by atoms with Crippen molar-refractivity contribution in [3.8, 4) is 0 Å². The van der Waals surface area contributed by atoms with E-state index in [2.05, 4.69) is 20.8 Å². The largest absolute Gasteiger partial charge is 0.333 e. The van der Waals surface area contributed by atoms with Crippen molar-refractivity contribution in [2.75, 3.05) is 5.32 Å². The van der Waals surface area contributed by atoms with Crippen LogP contribution in [-0.4, -0.2) is 21.8 Å². The molecular formula is C9H14N4O2. The molecule has 6 heteroatoms. The van der Waals surface area contributed by atoms with Crippen molar-refractivity contribution in [2.45, 2.75) is 26.3 Å². The molecule has 0 aromatic carbocycles. The molecule has 15 heavy (non-hydrogen) atoms. The van der Waals surface area contributed by atoms with E-state index in [1.54, 1.807) is 0 Å². The number of carbonyl (C=O) groups is 1. The van der Waals surface area contributed by atoms with Crippen molar-refractivity contribution in [1.82, 2.24) is 15.5 Å². The summed E-state index contributed by atoms with van der Waals surface area (Å²) in [6.07, 6.45) is 0. The van der Waals surface area contributed by atoms with Crippen LogP contribution in [0.3, 0.4) is 0 Å². The zero-order chi connectivity index (χ0) is 11.5. The molecule has 0 fully saturated rings. The first-order valence-electron chi connectivity index (χ1n) is 4.52. The molecule has 0 atom stereocenters. The molecule has 0 aliphatic carbocycles. The molecule has 0 radical (unpaired) electrons. The third-order valence-corrected chi connectivity index (χ3v) is 1.41. The van der Waals surface area contributed by atoms with Crippen molar-refractivity contribution < 1.29 is 4.79 Å². The second kappa shape index (κ2) is 4.12. The molecular weight excluding hydrogens is 196 g/mol. The van der Waals surface area contributed by atoms with Gasteiger partial charge in [0.05, 0.1) is 0 Å². The van der Waals surface area contributed by atoms with Crippen molar-refractivity contribution >= 4 is 11.8 Å². The SMILES string of the molecule is CC(C)(C)NC(=O)Nc1ccc(=O)[nH]n1. The Morgan fingerprint density at radius 2 is 2.07 bits per heavy atom. The highest BCUT2D eigenvalue weighted by Gasteiger charge is 2.13. The Kier molecular flexibility index (Phi) is 3.08. The second-order valence-electron chi connectivity index (χ2n) is 4.14. The molecule has 0 unspecified atom stereocenters. The molecule has 0 saturated carbocycles. The molecule has 1 aromatic rings. The van der Waals surface area contributed by atoms with Crippen molar-refractivity contribution in [3.63, 3.8) is 0 Å². The number of H-pyrrole nitrogens is 1. The van der Waals surface area contributed by atoms with Gasteiger partial charge in [0.2, 0.25) is 0 Å². The Hall–Kier alpha value is -1.85. The first-order chi connectivity index (χ1) is 6.87. The van der Waals surface area contributed by atoms with Gasteiger partial charge in [-0.2, -0.15) is 5.10 Å². The van der Waals surface area contributed by atoms with Gasteiger partial charge < -0.3 is 5.32 Å². The molecule has 3 N–H and O–H groups in total. The predicted octanol–water partition coefficient (Wildman–Crippen LogP) is 0.690. The van der Waals surface area contributed by atoms with E-state index < -0.39 is 0 Å². The topological polar surface area (TPSA) is 86.9 Å². The van der Waals surface area contributed by atoms with E-state index in [0.717, 1.165) is 0 Å². The first-order valence-corrected chi connectivity index (χ1v) is 4.52. The molecule has 1 heterocycles. The summed E-state index contributed by atoms with van der Waals surface area (Å²) < 4.78 is 0. The Bertz CT molecular complexity index is 385. The minimum absolute atomic E-state index is 0.302. The Labute approximate surface area is 87.1 Å². The number of hydrogen-bond donors (Lipinski definition) is 3. The standard InChI is InChI=1S/C9H14N4O2/c1-9(2,3)11-8(15)10-6-4-5-7(14)13-12-6/h4-5H,1-3H3,(H,13,14)(H2,10,11,12,15). The average molecular weight is 210 g/mol. The lowest BCUT2D eigenvalue weighted by Crippen LogP contribution is -2.43. The number of hydrogen-bond acceptors (Lipinski definition) is 3. The van der Waals surface area contributed by atoms with Crippen LogP contribution in [0.5, 0.6) is 0 Å². The minimum atomic E-state index is -0.359. The molecule has 82 valence electrons. The van der Waals surface area contributed by atoms with Gasteiger partial charge in [-0.25, -0.2) is 9.89 Å². The van der Waals surface area contributed by atoms with Crippen LogP contribution in [-0.2, 0) is 0 Å². The van der Waals surface area contributed by atoms with Gasteiger partial charge in [0.15, 0.2) is 5.82 Å². The predicted molar refractivity (Wildman–Crippen MR) is 56.8 cm³/mol. The summed E-state index contributed by atoms with van der Waals surface area (Å²) in [4.78, 5) is 22.0. The summed E-state index contributed by atoms with van der Waals surface area (Å²) in [6, 6.07) is 2.36. The molecule has 2 amide bonds. The Balaban J connectivity index is 2.59. The highest BCUT2D eigenvalue weighted by Crippen LogP contribution is 2.00. The molecule has 0 aliphatic heterocycles. The van der Waals surface area contributed by atoms with Gasteiger partial charge in [-0.15, -0.1) is 0 Å². The number of aromatic amines is 1. The lowest BCUT2D eigenvalue weighted by Gasteiger charge is -2.20. The zero-order valence-electron chi connectivity index (χ0n) is 8.92. The quantitative estimate of drug-likeness (QED) is 0.637. The first kappa shape index (κ1) is 11.2. The fraction of sp³-hybridized carbons (Fsp3) is 0.444. The zero-order valence-corrected chi connectivity index (χ0v) is 8.92. The van der Waals surface area contributed by atoms with E-state index in [9.17, 15) is 9.59 Å². The van der Waals surface area contributed by atoms with Crippen molar-refractivity contribution in [1.29, 1.82) is 0 Å². The van der Waals surface area contributed by atoms with Gasteiger partial charge in [-0.05, 0) is 26.8 Å².